The first kappa shape index (κ1) is 24.0. The van der Waals surface area contributed by atoms with E-state index >= 15 is 0 Å². The topological polar surface area (TPSA) is 90.4 Å². The molecule has 2 aromatic rings. The van der Waals surface area contributed by atoms with E-state index in [1.54, 1.807) is 0 Å². The van der Waals surface area contributed by atoms with Gasteiger partial charge in [-0.05, 0) is 43.0 Å². The molecule has 0 bridgehead atoms. The van der Waals surface area contributed by atoms with Crippen LogP contribution in [-0.4, -0.2) is 40.4 Å². The highest BCUT2D eigenvalue weighted by molar-refractivity contribution is 7.91. The van der Waals surface area contributed by atoms with Gasteiger partial charge in [0, 0.05) is 24.6 Å². The van der Waals surface area contributed by atoms with Gasteiger partial charge in [-0.15, -0.1) is 0 Å². The Morgan fingerprint density at radius 3 is 2.48 bits per heavy atom. The number of sulfone groups is 2. The van der Waals surface area contributed by atoms with Gasteiger partial charge in [-0.1, -0.05) is 11.6 Å². The quantitative estimate of drug-likeness (QED) is 0.595. The van der Waals surface area contributed by atoms with Crippen LogP contribution < -0.4 is 0 Å². The molecule has 1 aliphatic heterocycles. The number of alkyl halides is 2. The van der Waals surface area contributed by atoms with Crippen LogP contribution in [0.5, 0.6) is 0 Å². The zero-order valence-corrected chi connectivity index (χ0v) is 18.7. The summed E-state index contributed by atoms with van der Waals surface area (Å²) in [6, 6.07) is 3.35. The molecule has 3 rings (SSSR count). The fourth-order valence-corrected chi connectivity index (χ4v) is 6.03. The molecule has 1 aromatic carbocycles. The maximum Gasteiger partial charge on any atom is 0.263 e. The number of nitrogens with zero attached hydrogens (tertiary/aromatic N) is 1. The molecular weight excluding hydrogens is 479 g/mol. The van der Waals surface area contributed by atoms with Crippen molar-refractivity contribution in [2.45, 2.75) is 35.2 Å². The summed E-state index contributed by atoms with van der Waals surface area (Å²) in [4.78, 5) is 3.52. The molecule has 0 saturated carbocycles. The largest absolute Gasteiger partial charge is 0.372 e. The van der Waals surface area contributed by atoms with Gasteiger partial charge in [-0.25, -0.2) is 30.0 Å². The molecule has 2 unspecified atom stereocenters. The summed E-state index contributed by atoms with van der Waals surface area (Å²) in [6.45, 7) is 0.197. The van der Waals surface area contributed by atoms with Crippen LogP contribution in [0.4, 0.5) is 13.2 Å². The van der Waals surface area contributed by atoms with E-state index in [2.05, 4.69) is 4.98 Å². The van der Waals surface area contributed by atoms with E-state index in [-0.39, 0.29) is 28.6 Å². The second-order valence-corrected chi connectivity index (χ2v) is 11.8. The van der Waals surface area contributed by atoms with E-state index in [1.165, 1.54) is 6.07 Å². The molecule has 0 radical (unpaired) electrons. The highest BCUT2D eigenvalue weighted by atomic mass is 35.5. The summed E-state index contributed by atoms with van der Waals surface area (Å²) in [7, 11) is -7.54. The molecule has 1 aromatic heterocycles. The number of benzene rings is 1. The smallest absolute Gasteiger partial charge is 0.263 e. The summed E-state index contributed by atoms with van der Waals surface area (Å²) in [5.74, 6) is -1.87. The lowest BCUT2D eigenvalue weighted by atomic mass is 9.95. The molecular formula is C19H19ClF3NO5S2. The van der Waals surface area contributed by atoms with Crippen molar-refractivity contribution in [1.29, 1.82) is 0 Å². The molecule has 1 aliphatic rings. The highest BCUT2D eigenvalue weighted by Gasteiger charge is 2.31. The van der Waals surface area contributed by atoms with Gasteiger partial charge in [0.25, 0.3) is 6.43 Å². The van der Waals surface area contributed by atoms with Crippen LogP contribution in [0.2, 0.25) is 5.02 Å². The Morgan fingerprint density at radius 2 is 1.87 bits per heavy atom. The van der Waals surface area contributed by atoms with Crippen molar-refractivity contribution in [1.82, 2.24) is 4.98 Å². The maximum absolute atomic E-state index is 13.7. The Hall–Kier alpha value is -1.69. The molecule has 1 fully saturated rings. The first-order chi connectivity index (χ1) is 14.4. The minimum absolute atomic E-state index is 0.0582. The summed E-state index contributed by atoms with van der Waals surface area (Å²) in [6.07, 6.45) is -0.908. The van der Waals surface area contributed by atoms with Crippen molar-refractivity contribution in [2.75, 3.05) is 18.6 Å². The number of rotatable bonds is 6. The maximum atomic E-state index is 13.7. The average molecular weight is 498 g/mol. The van der Waals surface area contributed by atoms with Crippen molar-refractivity contribution >= 4 is 31.3 Å². The molecule has 31 heavy (non-hydrogen) atoms. The first-order valence-corrected chi connectivity index (χ1v) is 13.1. The first-order valence-electron chi connectivity index (χ1n) is 9.15. The number of hydrogen-bond donors (Lipinski definition) is 0. The third kappa shape index (κ3) is 5.76. The Bertz CT molecular complexity index is 1190. The molecule has 0 amide bonds. The van der Waals surface area contributed by atoms with Gasteiger partial charge in [0.1, 0.15) is 11.9 Å². The van der Waals surface area contributed by atoms with Gasteiger partial charge in [0.2, 0.25) is 0 Å². The Kier molecular flexibility index (Phi) is 6.99. The molecule has 170 valence electrons. The number of aromatic nitrogens is 1. The molecule has 0 N–H and O–H groups in total. The van der Waals surface area contributed by atoms with E-state index in [4.69, 9.17) is 16.3 Å². The second kappa shape index (κ2) is 9.05. The molecule has 0 spiro atoms. The van der Waals surface area contributed by atoms with Crippen LogP contribution in [0.25, 0.3) is 0 Å². The lowest BCUT2D eigenvalue weighted by Gasteiger charge is -2.29. The van der Waals surface area contributed by atoms with E-state index in [0.717, 1.165) is 24.6 Å². The summed E-state index contributed by atoms with van der Waals surface area (Å²) in [5, 5.41) is 0.0723. The lowest BCUT2D eigenvalue weighted by Crippen LogP contribution is -2.26. The third-order valence-corrected chi connectivity index (χ3v) is 8.18. The Labute approximate surface area is 183 Å². The normalized spacial score (nSPS) is 20.2. The lowest BCUT2D eigenvalue weighted by molar-refractivity contribution is -0.00808. The molecule has 0 aliphatic carbocycles. The highest BCUT2D eigenvalue weighted by Crippen LogP contribution is 2.36. The van der Waals surface area contributed by atoms with Gasteiger partial charge in [-0.3, -0.25) is 4.98 Å². The molecule has 6 nitrogen and oxygen atoms in total. The molecule has 12 heteroatoms. The van der Waals surface area contributed by atoms with E-state index in [0.29, 0.717) is 12.5 Å². The van der Waals surface area contributed by atoms with E-state index in [9.17, 15) is 30.0 Å². The van der Waals surface area contributed by atoms with Crippen LogP contribution >= 0.6 is 11.6 Å². The fraction of sp³-hybridized carbons (Fsp3) is 0.421. The van der Waals surface area contributed by atoms with Gasteiger partial charge in [0.15, 0.2) is 19.7 Å². The summed E-state index contributed by atoms with van der Waals surface area (Å²) in [5.41, 5.74) is -0.424. The molecule has 2 heterocycles. The summed E-state index contributed by atoms with van der Waals surface area (Å²) < 4.78 is 93.9. The van der Waals surface area contributed by atoms with Crippen molar-refractivity contribution in [3.63, 3.8) is 0 Å². The molecule has 1 saturated heterocycles. The van der Waals surface area contributed by atoms with Crippen molar-refractivity contribution < 1.29 is 34.7 Å². The van der Waals surface area contributed by atoms with Crippen molar-refractivity contribution in [2.24, 2.45) is 5.92 Å². The minimum atomic E-state index is -4.04. The minimum Gasteiger partial charge on any atom is -0.372 e. The van der Waals surface area contributed by atoms with Gasteiger partial charge >= 0.3 is 0 Å². The van der Waals surface area contributed by atoms with Crippen molar-refractivity contribution in [3.05, 3.63) is 52.6 Å². The molecule has 2 atom stereocenters. The standard InChI is InChI=1S/C19H19ClF3NO5S2/c1-30(25,26)15-8-16(20)18(24-9-15)17-4-11(2-3-29-17)10-31(27,28)14-6-12(19(22)23)5-13(21)7-14/h5-9,11,17,19H,2-4,10H2,1H3. The monoisotopic (exact) mass is 497 g/mol. The number of ether oxygens (including phenoxy) is 1. The number of pyridine rings is 1. The van der Waals surface area contributed by atoms with Gasteiger partial charge in [-0.2, -0.15) is 0 Å². The van der Waals surface area contributed by atoms with Gasteiger partial charge in [0.05, 0.1) is 26.3 Å². The second-order valence-electron chi connectivity index (χ2n) is 7.36. The average Bonchev–Trinajstić information content (AvgIpc) is 2.66. The Morgan fingerprint density at radius 1 is 1.16 bits per heavy atom. The zero-order chi connectivity index (χ0) is 23.0. The van der Waals surface area contributed by atoms with Crippen LogP contribution in [0, 0.1) is 11.7 Å². The number of hydrogen-bond acceptors (Lipinski definition) is 6. The van der Waals surface area contributed by atoms with Crippen LogP contribution in [-0.2, 0) is 24.4 Å². The zero-order valence-electron chi connectivity index (χ0n) is 16.3. The van der Waals surface area contributed by atoms with E-state index in [1.807, 2.05) is 0 Å². The van der Waals surface area contributed by atoms with E-state index < -0.39 is 60.2 Å². The Balaban J connectivity index is 1.80. The fourth-order valence-electron chi connectivity index (χ4n) is 3.37. The van der Waals surface area contributed by atoms with Gasteiger partial charge < -0.3 is 4.74 Å². The summed E-state index contributed by atoms with van der Waals surface area (Å²) >= 11 is 6.17. The SMILES string of the molecule is CS(=O)(=O)c1cnc(C2CC(CS(=O)(=O)c3cc(F)cc(C(F)F)c3)CCO2)c(Cl)c1. The van der Waals surface area contributed by atoms with Crippen LogP contribution in [0.1, 0.15) is 36.6 Å². The number of halogens is 4. The predicted octanol–water partition coefficient (Wildman–Crippen LogP) is 4.16. The van der Waals surface area contributed by atoms with Crippen LogP contribution in [0.15, 0.2) is 40.3 Å². The third-order valence-electron chi connectivity index (χ3n) is 4.93. The predicted molar refractivity (Wildman–Crippen MR) is 107 cm³/mol. The van der Waals surface area contributed by atoms with Crippen LogP contribution in [0.3, 0.4) is 0 Å². The van der Waals surface area contributed by atoms with Crippen molar-refractivity contribution in [3.8, 4) is 0 Å².